The summed E-state index contributed by atoms with van der Waals surface area (Å²) in [6.07, 6.45) is -4.21. The molecule has 0 aromatic carbocycles. The number of hydrogen-bond acceptors (Lipinski definition) is 3. The minimum absolute atomic E-state index is 0.220. The normalized spacial score (nSPS) is 16.3. The van der Waals surface area contributed by atoms with Gasteiger partial charge >= 0.3 is 6.18 Å². The third-order valence-corrected chi connectivity index (χ3v) is 3.47. The zero-order chi connectivity index (χ0) is 13.9. The molecule has 18 heavy (non-hydrogen) atoms. The minimum Gasteiger partial charge on any atom is -0.326 e. The molecule has 0 spiro atoms. The predicted octanol–water partition coefficient (Wildman–Crippen LogP) is 3.41. The zero-order valence-electron chi connectivity index (χ0n) is 10.7. The second-order valence-corrected chi connectivity index (χ2v) is 5.52. The second kappa shape index (κ2) is 6.04. The average Bonchev–Trinajstić information content (AvgIpc) is 2.67. The number of alkyl halides is 3. The van der Waals surface area contributed by atoms with Gasteiger partial charge < -0.3 is 5.73 Å². The molecule has 0 aliphatic rings. The molecule has 0 saturated heterocycles. The van der Waals surface area contributed by atoms with Crippen LogP contribution >= 0.6 is 11.3 Å². The van der Waals surface area contributed by atoms with E-state index in [0.29, 0.717) is 0 Å². The Balaban J connectivity index is 3.00. The molecule has 0 radical (unpaired) electrons. The van der Waals surface area contributed by atoms with Crippen LogP contribution in [-0.2, 0) is 0 Å². The number of nitrogens with two attached hydrogens (primary N) is 1. The first kappa shape index (κ1) is 15.5. The van der Waals surface area contributed by atoms with Gasteiger partial charge in [-0.05, 0) is 43.2 Å². The van der Waals surface area contributed by atoms with E-state index in [1.54, 1.807) is 20.8 Å². The summed E-state index contributed by atoms with van der Waals surface area (Å²) in [6.45, 7) is 4.32. The summed E-state index contributed by atoms with van der Waals surface area (Å²) in [4.78, 5) is 1.41. The van der Waals surface area contributed by atoms with E-state index in [0.717, 1.165) is 5.56 Å². The molecular weight excluding hydrogens is 261 g/mol. The van der Waals surface area contributed by atoms with Crippen molar-refractivity contribution < 1.29 is 13.2 Å². The Morgan fingerprint density at radius 3 is 2.28 bits per heavy atom. The molecule has 2 unspecified atom stereocenters. The first-order chi connectivity index (χ1) is 8.22. The molecule has 1 aromatic rings. The molecule has 6 heteroatoms. The van der Waals surface area contributed by atoms with Crippen LogP contribution in [0.15, 0.2) is 16.8 Å². The monoisotopic (exact) mass is 280 g/mol. The zero-order valence-corrected chi connectivity index (χ0v) is 11.6. The van der Waals surface area contributed by atoms with Gasteiger partial charge in [0.1, 0.15) is 0 Å². The van der Waals surface area contributed by atoms with E-state index in [1.807, 2.05) is 16.8 Å². The average molecular weight is 280 g/mol. The van der Waals surface area contributed by atoms with Crippen molar-refractivity contribution in [3.63, 3.8) is 0 Å². The van der Waals surface area contributed by atoms with Crippen molar-refractivity contribution in [3.05, 3.63) is 22.4 Å². The van der Waals surface area contributed by atoms with Crippen molar-refractivity contribution in [3.8, 4) is 0 Å². The number of thiophene rings is 1. The van der Waals surface area contributed by atoms with Crippen molar-refractivity contribution in [2.24, 2.45) is 5.73 Å². The van der Waals surface area contributed by atoms with Crippen LogP contribution in [0.4, 0.5) is 13.2 Å². The van der Waals surface area contributed by atoms with Gasteiger partial charge in [-0.2, -0.15) is 24.5 Å². The Hall–Kier alpha value is -0.590. The molecule has 0 saturated carbocycles. The van der Waals surface area contributed by atoms with Gasteiger partial charge in [-0.3, -0.25) is 4.90 Å². The largest absolute Gasteiger partial charge is 0.401 e. The van der Waals surface area contributed by atoms with Gasteiger partial charge in [0, 0.05) is 12.1 Å². The summed E-state index contributed by atoms with van der Waals surface area (Å²) in [5.41, 5.74) is 6.74. The maximum absolute atomic E-state index is 12.7. The second-order valence-electron chi connectivity index (χ2n) is 4.74. The van der Waals surface area contributed by atoms with E-state index >= 15 is 0 Å². The highest BCUT2D eigenvalue weighted by atomic mass is 32.1. The lowest BCUT2D eigenvalue weighted by Gasteiger charge is -2.37. The maximum atomic E-state index is 12.7. The summed E-state index contributed by atoms with van der Waals surface area (Å²) >= 11 is 1.47. The van der Waals surface area contributed by atoms with E-state index in [2.05, 4.69) is 0 Å². The molecule has 2 nitrogen and oxygen atoms in total. The molecule has 1 rings (SSSR count). The molecule has 0 aliphatic heterocycles. The van der Waals surface area contributed by atoms with Gasteiger partial charge in [0.05, 0.1) is 12.6 Å². The number of halogens is 3. The Morgan fingerprint density at radius 2 is 1.94 bits per heavy atom. The number of hydrogen-bond donors (Lipinski definition) is 1. The summed E-state index contributed by atoms with van der Waals surface area (Å²) in [7, 11) is 0. The Kier molecular flexibility index (Phi) is 5.19. The smallest absolute Gasteiger partial charge is 0.326 e. The molecule has 1 aromatic heterocycles. The van der Waals surface area contributed by atoms with Gasteiger partial charge in [0.25, 0.3) is 0 Å². The fourth-order valence-electron chi connectivity index (χ4n) is 2.05. The van der Waals surface area contributed by atoms with Crippen molar-refractivity contribution in [2.75, 3.05) is 6.54 Å². The van der Waals surface area contributed by atoms with E-state index in [1.165, 1.54) is 16.2 Å². The highest BCUT2D eigenvalue weighted by Gasteiger charge is 2.37. The van der Waals surface area contributed by atoms with E-state index in [-0.39, 0.29) is 12.1 Å². The number of rotatable bonds is 5. The van der Waals surface area contributed by atoms with Crippen LogP contribution in [0, 0.1) is 0 Å². The van der Waals surface area contributed by atoms with Crippen molar-refractivity contribution >= 4 is 11.3 Å². The highest BCUT2D eigenvalue weighted by molar-refractivity contribution is 7.07. The SMILES string of the molecule is CC(N)C(c1ccsc1)N(CC(F)(F)F)C(C)C. The molecule has 0 amide bonds. The quantitative estimate of drug-likeness (QED) is 0.895. The molecule has 0 fully saturated rings. The van der Waals surface area contributed by atoms with Crippen LogP contribution in [0.2, 0.25) is 0 Å². The van der Waals surface area contributed by atoms with Crippen LogP contribution in [0.25, 0.3) is 0 Å². The fraction of sp³-hybridized carbons (Fsp3) is 0.667. The van der Waals surface area contributed by atoms with E-state index in [4.69, 9.17) is 5.73 Å². The van der Waals surface area contributed by atoms with Crippen LogP contribution < -0.4 is 5.73 Å². The minimum atomic E-state index is -4.21. The Labute approximate surface area is 110 Å². The standard InChI is InChI=1S/C12H19F3N2S/c1-8(2)17(7-12(13,14)15)11(9(3)16)10-4-5-18-6-10/h4-6,8-9,11H,7,16H2,1-3H3. The molecule has 104 valence electrons. The molecule has 1 heterocycles. The topological polar surface area (TPSA) is 29.3 Å². The molecule has 0 aliphatic carbocycles. The summed E-state index contributed by atoms with van der Waals surface area (Å²) in [6, 6.07) is 0.856. The number of nitrogens with zero attached hydrogens (tertiary/aromatic N) is 1. The first-order valence-electron chi connectivity index (χ1n) is 5.82. The van der Waals surface area contributed by atoms with E-state index < -0.39 is 18.8 Å². The molecular formula is C12H19F3N2S. The fourth-order valence-corrected chi connectivity index (χ4v) is 2.74. The summed E-state index contributed by atoms with van der Waals surface area (Å²) in [5.74, 6) is 0. The Bertz CT molecular complexity index is 347. The lowest BCUT2D eigenvalue weighted by atomic mass is 10.0. The predicted molar refractivity (Wildman–Crippen MR) is 68.6 cm³/mol. The van der Waals surface area contributed by atoms with Crippen LogP contribution in [0.5, 0.6) is 0 Å². The third kappa shape index (κ3) is 4.26. The van der Waals surface area contributed by atoms with Gasteiger partial charge in [0.15, 0.2) is 0 Å². The summed E-state index contributed by atoms with van der Waals surface area (Å²) in [5, 5.41) is 3.72. The molecule has 2 N–H and O–H groups in total. The van der Waals surface area contributed by atoms with Crippen molar-refractivity contribution in [2.45, 2.75) is 45.1 Å². The maximum Gasteiger partial charge on any atom is 0.401 e. The summed E-state index contributed by atoms with van der Waals surface area (Å²) < 4.78 is 38.0. The highest BCUT2D eigenvalue weighted by Crippen LogP contribution is 2.30. The first-order valence-corrected chi connectivity index (χ1v) is 6.77. The van der Waals surface area contributed by atoms with Crippen LogP contribution in [0.3, 0.4) is 0 Å². The van der Waals surface area contributed by atoms with Gasteiger partial charge in [-0.25, -0.2) is 0 Å². The van der Waals surface area contributed by atoms with Gasteiger partial charge in [-0.15, -0.1) is 0 Å². The van der Waals surface area contributed by atoms with Crippen LogP contribution in [0.1, 0.15) is 32.4 Å². The lowest BCUT2D eigenvalue weighted by Crippen LogP contribution is -2.47. The van der Waals surface area contributed by atoms with E-state index in [9.17, 15) is 13.2 Å². The van der Waals surface area contributed by atoms with Gasteiger partial charge in [-0.1, -0.05) is 0 Å². The van der Waals surface area contributed by atoms with Gasteiger partial charge in [0.2, 0.25) is 0 Å². The molecule has 2 atom stereocenters. The van der Waals surface area contributed by atoms with Crippen molar-refractivity contribution in [1.82, 2.24) is 4.90 Å². The molecule has 0 bridgehead atoms. The third-order valence-electron chi connectivity index (χ3n) is 2.77. The lowest BCUT2D eigenvalue weighted by molar-refractivity contribution is -0.156. The van der Waals surface area contributed by atoms with Crippen molar-refractivity contribution in [1.29, 1.82) is 0 Å². The van der Waals surface area contributed by atoms with Crippen LogP contribution in [-0.4, -0.2) is 29.7 Å². The Morgan fingerprint density at radius 1 is 1.33 bits per heavy atom.